The maximum absolute atomic E-state index is 12.6. The fourth-order valence-electron chi connectivity index (χ4n) is 2.92. The largest absolute Gasteiger partial charge is 0.459 e. The molecule has 134 valence electrons. The Labute approximate surface area is 150 Å². The molecule has 0 saturated carbocycles. The van der Waals surface area contributed by atoms with E-state index in [-0.39, 0.29) is 16.7 Å². The molecule has 1 amide bonds. The first kappa shape index (κ1) is 16.4. The van der Waals surface area contributed by atoms with Crippen LogP contribution >= 0.6 is 0 Å². The van der Waals surface area contributed by atoms with Gasteiger partial charge in [0.15, 0.2) is 10.8 Å². The molecular weight excluding hydrogens is 356 g/mol. The van der Waals surface area contributed by atoms with Gasteiger partial charge in [0.05, 0.1) is 18.3 Å². The minimum Gasteiger partial charge on any atom is -0.459 e. The minimum absolute atomic E-state index is 0.0657. The van der Waals surface area contributed by atoms with Crippen molar-refractivity contribution in [3.63, 3.8) is 0 Å². The summed E-state index contributed by atoms with van der Waals surface area (Å²) in [6.07, 6.45) is 4.99. The molecule has 1 N–H and O–H groups in total. The van der Waals surface area contributed by atoms with Crippen LogP contribution < -0.4 is 9.62 Å². The van der Waals surface area contributed by atoms with Gasteiger partial charge in [-0.1, -0.05) is 6.07 Å². The lowest BCUT2D eigenvalue weighted by Gasteiger charge is -2.17. The van der Waals surface area contributed by atoms with Gasteiger partial charge >= 0.3 is 0 Å². The number of benzene rings is 1. The second kappa shape index (κ2) is 6.03. The van der Waals surface area contributed by atoms with E-state index in [9.17, 15) is 13.2 Å². The number of anilines is 2. The van der Waals surface area contributed by atoms with Crippen molar-refractivity contribution in [1.29, 1.82) is 0 Å². The normalized spacial score (nSPS) is 13.7. The minimum atomic E-state index is -3.79. The van der Waals surface area contributed by atoms with Gasteiger partial charge in [-0.25, -0.2) is 4.98 Å². The Hall–Kier alpha value is -3.07. The summed E-state index contributed by atoms with van der Waals surface area (Å²) in [4.78, 5) is 18.0. The smallest absolute Gasteiger partial charge is 0.293 e. The second-order valence-corrected chi connectivity index (χ2v) is 7.64. The summed E-state index contributed by atoms with van der Waals surface area (Å²) in [5.41, 5.74) is 2.02. The number of hydrogen-bond donors (Lipinski definition) is 1. The molecule has 1 aliphatic rings. The van der Waals surface area contributed by atoms with Gasteiger partial charge in [-0.2, -0.15) is 8.42 Å². The zero-order valence-corrected chi connectivity index (χ0v) is 14.7. The molecule has 0 atom stereocenters. The molecule has 0 saturated heterocycles. The Morgan fingerprint density at radius 2 is 2.15 bits per heavy atom. The van der Waals surface area contributed by atoms with Crippen molar-refractivity contribution in [1.82, 2.24) is 9.55 Å². The van der Waals surface area contributed by atoms with E-state index in [0.717, 1.165) is 5.56 Å². The van der Waals surface area contributed by atoms with Gasteiger partial charge < -0.3 is 13.9 Å². The van der Waals surface area contributed by atoms with E-state index in [1.807, 2.05) is 6.07 Å². The van der Waals surface area contributed by atoms with Crippen LogP contribution in [0.15, 0.2) is 58.6 Å². The molecule has 2 aromatic heterocycles. The number of nitrogens with one attached hydrogen (secondary N) is 1. The average molecular weight is 372 g/mol. The number of hydrogen-bond acceptors (Lipinski definition) is 5. The molecule has 4 rings (SSSR count). The first-order chi connectivity index (χ1) is 12.4. The molecule has 0 unspecified atom stereocenters. The number of carbonyl (C=O) groups is 1. The Kier molecular flexibility index (Phi) is 3.80. The summed E-state index contributed by atoms with van der Waals surface area (Å²) in [5, 5.41) is -0.0657. The average Bonchev–Trinajstić information content (AvgIpc) is 3.34. The van der Waals surface area contributed by atoms with Gasteiger partial charge in [0.25, 0.3) is 15.9 Å². The SMILES string of the molecule is Cn1cnc(S(=O)(=O)Nc2ccc3c(c2)N(C(=O)c2ccco2)CC3)c1. The third-order valence-corrected chi connectivity index (χ3v) is 5.43. The lowest BCUT2D eigenvalue weighted by atomic mass is 10.1. The first-order valence-electron chi connectivity index (χ1n) is 7.93. The van der Waals surface area contributed by atoms with Crippen molar-refractivity contribution in [3.8, 4) is 0 Å². The summed E-state index contributed by atoms with van der Waals surface area (Å²) in [6, 6.07) is 8.42. The van der Waals surface area contributed by atoms with Crippen molar-refractivity contribution >= 4 is 27.3 Å². The third kappa shape index (κ3) is 2.86. The van der Waals surface area contributed by atoms with Crippen LogP contribution in [0, 0.1) is 0 Å². The molecule has 0 fully saturated rings. The summed E-state index contributed by atoms with van der Waals surface area (Å²) in [6.45, 7) is 0.519. The van der Waals surface area contributed by atoms with E-state index in [0.29, 0.717) is 24.3 Å². The number of sulfonamides is 1. The lowest BCUT2D eigenvalue weighted by molar-refractivity contribution is 0.0963. The predicted octanol–water partition coefficient (Wildman–Crippen LogP) is 2.02. The van der Waals surface area contributed by atoms with Gasteiger partial charge in [0.2, 0.25) is 0 Å². The Balaban J connectivity index is 1.63. The van der Waals surface area contributed by atoms with Crippen LogP contribution in [0.1, 0.15) is 16.1 Å². The Morgan fingerprint density at radius 1 is 1.31 bits per heavy atom. The molecule has 9 heteroatoms. The molecule has 1 aliphatic heterocycles. The van der Waals surface area contributed by atoms with Crippen LogP contribution in [-0.2, 0) is 23.5 Å². The van der Waals surface area contributed by atoms with E-state index in [1.54, 1.807) is 40.8 Å². The van der Waals surface area contributed by atoms with Gasteiger partial charge in [-0.05, 0) is 36.2 Å². The van der Waals surface area contributed by atoms with Gasteiger partial charge in [-0.15, -0.1) is 0 Å². The van der Waals surface area contributed by atoms with Crippen molar-refractivity contribution < 1.29 is 17.6 Å². The lowest BCUT2D eigenvalue weighted by Crippen LogP contribution is -2.28. The molecule has 8 nitrogen and oxygen atoms in total. The number of aryl methyl sites for hydroxylation is 1. The number of nitrogens with zero attached hydrogens (tertiary/aromatic N) is 3. The number of rotatable bonds is 4. The Morgan fingerprint density at radius 3 is 2.85 bits per heavy atom. The van der Waals surface area contributed by atoms with Crippen molar-refractivity contribution in [3.05, 3.63) is 60.4 Å². The summed E-state index contributed by atoms with van der Waals surface area (Å²) in [7, 11) is -2.10. The highest BCUT2D eigenvalue weighted by molar-refractivity contribution is 7.92. The number of imidazole rings is 1. The molecular formula is C17H16N4O4S. The van der Waals surface area contributed by atoms with Crippen molar-refractivity contribution in [2.24, 2.45) is 7.05 Å². The van der Waals surface area contributed by atoms with Crippen molar-refractivity contribution in [2.75, 3.05) is 16.2 Å². The quantitative estimate of drug-likeness (QED) is 0.756. The molecule has 3 aromatic rings. The monoisotopic (exact) mass is 372 g/mol. The zero-order valence-electron chi connectivity index (χ0n) is 13.9. The highest BCUT2D eigenvalue weighted by Gasteiger charge is 2.28. The van der Waals surface area contributed by atoms with Crippen LogP contribution in [0.4, 0.5) is 11.4 Å². The molecule has 3 heterocycles. The fourth-order valence-corrected chi connectivity index (χ4v) is 3.95. The number of carbonyl (C=O) groups excluding carboxylic acids is 1. The van der Waals surface area contributed by atoms with Crippen LogP contribution in [0.2, 0.25) is 0 Å². The molecule has 26 heavy (non-hydrogen) atoms. The molecule has 0 radical (unpaired) electrons. The second-order valence-electron chi connectivity index (χ2n) is 6.01. The van der Waals surface area contributed by atoms with Gasteiger partial charge in [0.1, 0.15) is 0 Å². The van der Waals surface area contributed by atoms with Gasteiger partial charge in [-0.3, -0.25) is 9.52 Å². The predicted molar refractivity (Wildman–Crippen MR) is 94.5 cm³/mol. The first-order valence-corrected chi connectivity index (χ1v) is 9.41. The maximum atomic E-state index is 12.6. The van der Waals surface area contributed by atoms with Gasteiger partial charge in [0, 0.05) is 25.5 Å². The standard InChI is InChI=1S/C17H16N4O4S/c1-20-10-16(18-11-20)26(23,24)19-13-5-4-12-6-7-21(14(12)9-13)17(22)15-3-2-8-25-15/h2-5,8-11,19H,6-7H2,1H3. The topological polar surface area (TPSA) is 97.4 Å². The fraction of sp³-hybridized carbons (Fsp3) is 0.176. The van der Waals surface area contributed by atoms with E-state index < -0.39 is 10.0 Å². The summed E-state index contributed by atoms with van der Waals surface area (Å²) >= 11 is 0. The van der Waals surface area contributed by atoms with E-state index in [1.165, 1.54) is 18.8 Å². The molecule has 0 spiro atoms. The third-order valence-electron chi connectivity index (χ3n) is 4.17. The summed E-state index contributed by atoms with van der Waals surface area (Å²) in [5.74, 6) is -0.00389. The van der Waals surface area contributed by atoms with Crippen LogP contribution in [0.3, 0.4) is 0 Å². The summed E-state index contributed by atoms with van der Waals surface area (Å²) < 4.78 is 34.1. The van der Waals surface area contributed by atoms with Crippen molar-refractivity contribution in [2.45, 2.75) is 11.4 Å². The maximum Gasteiger partial charge on any atom is 0.293 e. The zero-order chi connectivity index (χ0) is 18.3. The van der Waals surface area contributed by atoms with E-state index >= 15 is 0 Å². The molecule has 0 aliphatic carbocycles. The number of fused-ring (bicyclic) bond motifs is 1. The van der Waals surface area contributed by atoms with Crippen LogP contribution in [-0.4, -0.2) is 30.4 Å². The van der Waals surface area contributed by atoms with Crippen LogP contribution in [0.5, 0.6) is 0 Å². The number of aromatic nitrogens is 2. The molecule has 1 aromatic carbocycles. The van der Waals surface area contributed by atoms with E-state index in [4.69, 9.17) is 4.42 Å². The van der Waals surface area contributed by atoms with Crippen LogP contribution in [0.25, 0.3) is 0 Å². The highest BCUT2D eigenvalue weighted by atomic mass is 32.2. The van der Waals surface area contributed by atoms with E-state index in [2.05, 4.69) is 9.71 Å². The highest BCUT2D eigenvalue weighted by Crippen LogP contribution is 2.32. The Bertz CT molecular complexity index is 1070. The number of amides is 1. The number of furan rings is 1. The molecule has 0 bridgehead atoms.